The van der Waals surface area contributed by atoms with E-state index in [1.165, 1.54) is 23.5 Å². The summed E-state index contributed by atoms with van der Waals surface area (Å²) in [6.45, 7) is 13.2. The fourth-order valence-electron chi connectivity index (χ4n) is 4.77. The highest BCUT2D eigenvalue weighted by Crippen LogP contribution is 2.37. The van der Waals surface area contributed by atoms with Crippen LogP contribution in [0.4, 0.5) is 4.79 Å². The van der Waals surface area contributed by atoms with Gasteiger partial charge >= 0.3 is 6.09 Å². The zero-order valence-electron chi connectivity index (χ0n) is 24.2. The molecule has 1 saturated heterocycles. The molecule has 2 aromatic rings. The van der Waals surface area contributed by atoms with Gasteiger partial charge in [-0.05, 0) is 88.9 Å². The molecule has 2 atom stereocenters. The van der Waals surface area contributed by atoms with Crippen LogP contribution in [0.2, 0.25) is 0 Å². The van der Waals surface area contributed by atoms with Crippen molar-refractivity contribution in [3.8, 4) is 11.5 Å². The highest BCUT2D eigenvalue weighted by Gasteiger charge is 2.52. The van der Waals surface area contributed by atoms with E-state index >= 15 is 0 Å². The molecular weight excluding hydrogens is 520 g/mol. The Hall–Kier alpha value is -2.82. The number of aromatic hydroxyl groups is 1. The lowest BCUT2D eigenvalue weighted by Gasteiger charge is -2.35. The summed E-state index contributed by atoms with van der Waals surface area (Å²) in [7, 11) is -2.36. The molecule has 0 bridgehead atoms. The third kappa shape index (κ3) is 7.64. The topological polar surface area (TPSA) is 106 Å². The SMILES string of the molecule is COc1ccc(S(=O)(=O)N(CC(C)C)C[C@H]2OC(C)(C)N(C(=O)OC(C)(C)C)[C@H]2Cc2ccc(O)cc2)cc1. The Morgan fingerprint density at radius 1 is 1.10 bits per heavy atom. The van der Waals surface area contributed by atoms with Crippen LogP contribution in [-0.4, -0.2) is 72.5 Å². The largest absolute Gasteiger partial charge is 0.508 e. The molecule has 1 fully saturated rings. The number of phenolic OH excluding ortho intramolecular Hbond substituents is 1. The molecule has 9 nitrogen and oxygen atoms in total. The summed E-state index contributed by atoms with van der Waals surface area (Å²) in [6, 6.07) is 12.5. The van der Waals surface area contributed by atoms with Crippen molar-refractivity contribution in [2.45, 2.75) is 83.3 Å². The van der Waals surface area contributed by atoms with Gasteiger partial charge in [0.1, 0.15) is 22.8 Å². The lowest BCUT2D eigenvalue weighted by atomic mass is 9.99. The lowest BCUT2D eigenvalue weighted by Crippen LogP contribution is -2.52. The summed E-state index contributed by atoms with van der Waals surface area (Å²) in [5.41, 5.74) is -0.913. The number of hydrogen-bond acceptors (Lipinski definition) is 7. The fraction of sp³-hybridized carbons (Fsp3) is 0.552. The average molecular weight is 563 g/mol. The smallest absolute Gasteiger partial charge is 0.412 e. The molecule has 1 aliphatic rings. The second-order valence-electron chi connectivity index (χ2n) is 11.8. The monoisotopic (exact) mass is 562 g/mol. The molecule has 2 aromatic carbocycles. The summed E-state index contributed by atoms with van der Waals surface area (Å²) in [5, 5.41) is 9.76. The van der Waals surface area contributed by atoms with Gasteiger partial charge in [-0.2, -0.15) is 4.31 Å². The molecule has 0 saturated carbocycles. The van der Waals surface area contributed by atoms with Gasteiger partial charge in [0.15, 0.2) is 0 Å². The Bertz CT molecular complexity index is 1220. The molecule has 0 aromatic heterocycles. The molecule has 216 valence electrons. The lowest BCUT2D eigenvalue weighted by molar-refractivity contribution is -0.0806. The van der Waals surface area contributed by atoms with Crippen LogP contribution in [0.25, 0.3) is 0 Å². The van der Waals surface area contributed by atoms with E-state index < -0.39 is 39.6 Å². The van der Waals surface area contributed by atoms with Crippen LogP contribution in [0.5, 0.6) is 11.5 Å². The van der Waals surface area contributed by atoms with Crippen LogP contribution in [0.1, 0.15) is 54.0 Å². The zero-order valence-corrected chi connectivity index (χ0v) is 25.0. The van der Waals surface area contributed by atoms with Crippen molar-refractivity contribution >= 4 is 16.1 Å². The van der Waals surface area contributed by atoms with E-state index in [2.05, 4.69) is 0 Å². The van der Waals surface area contributed by atoms with Crippen molar-refractivity contribution in [3.63, 3.8) is 0 Å². The molecule has 3 rings (SSSR count). The van der Waals surface area contributed by atoms with Gasteiger partial charge in [0.2, 0.25) is 10.0 Å². The zero-order chi connectivity index (χ0) is 29.2. The van der Waals surface area contributed by atoms with Crippen LogP contribution in [0.3, 0.4) is 0 Å². The first kappa shape index (κ1) is 30.7. The molecular formula is C29H42N2O7S. The summed E-state index contributed by atoms with van der Waals surface area (Å²) in [4.78, 5) is 15.2. The van der Waals surface area contributed by atoms with E-state index in [4.69, 9.17) is 14.2 Å². The van der Waals surface area contributed by atoms with Crippen molar-refractivity contribution in [1.29, 1.82) is 0 Å². The maximum absolute atomic E-state index is 13.8. The van der Waals surface area contributed by atoms with Gasteiger partial charge < -0.3 is 19.3 Å². The number of sulfonamides is 1. The first-order valence-corrected chi connectivity index (χ1v) is 14.6. The van der Waals surface area contributed by atoms with Crippen LogP contribution < -0.4 is 4.74 Å². The Kier molecular flexibility index (Phi) is 9.24. The third-order valence-electron chi connectivity index (χ3n) is 6.40. The van der Waals surface area contributed by atoms with E-state index in [-0.39, 0.29) is 29.7 Å². The normalized spacial score (nSPS) is 19.5. The van der Waals surface area contributed by atoms with Crippen LogP contribution in [-0.2, 0) is 25.9 Å². The van der Waals surface area contributed by atoms with Crippen molar-refractivity contribution < 1.29 is 32.5 Å². The van der Waals surface area contributed by atoms with Gasteiger partial charge in [0.05, 0.1) is 24.2 Å². The summed E-state index contributed by atoms with van der Waals surface area (Å²) >= 11 is 0. The summed E-state index contributed by atoms with van der Waals surface area (Å²) in [6.07, 6.45) is -0.800. The molecule has 1 N–H and O–H groups in total. The number of methoxy groups -OCH3 is 1. The maximum atomic E-state index is 13.8. The van der Waals surface area contributed by atoms with Crippen LogP contribution in [0.15, 0.2) is 53.4 Å². The standard InChI is InChI=1S/C29H42N2O7S/c1-20(2)18-30(39(34,35)24-15-13-23(36-8)14-16-24)19-26-25(17-21-9-11-22(32)12-10-21)31(29(6,7)37-26)27(33)38-28(3,4)5/h9-16,20,25-26,32H,17-19H2,1-8H3/t25-,26+/m0/s1. The van der Waals surface area contributed by atoms with Crippen molar-refractivity contribution in [2.75, 3.05) is 20.2 Å². The van der Waals surface area contributed by atoms with E-state index in [9.17, 15) is 18.3 Å². The predicted octanol–water partition coefficient (Wildman–Crippen LogP) is 5.03. The van der Waals surface area contributed by atoms with Crippen molar-refractivity contribution in [3.05, 3.63) is 54.1 Å². The van der Waals surface area contributed by atoms with E-state index in [0.717, 1.165) is 5.56 Å². The molecule has 0 radical (unpaired) electrons. The number of carbonyl (C=O) groups is 1. The second-order valence-corrected chi connectivity index (χ2v) is 13.7. The number of carbonyl (C=O) groups excluding carboxylic acids is 1. The van der Waals surface area contributed by atoms with Gasteiger partial charge in [-0.15, -0.1) is 0 Å². The maximum Gasteiger partial charge on any atom is 0.412 e. The predicted molar refractivity (Wildman–Crippen MR) is 149 cm³/mol. The molecule has 10 heteroatoms. The van der Waals surface area contributed by atoms with Crippen LogP contribution in [0, 0.1) is 5.92 Å². The summed E-state index contributed by atoms with van der Waals surface area (Å²) < 4.78 is 46.4. The number of benzene rings is 2. The summed E-state index contributed by atoms with van der Waals surface area (Å²) in [5.74, 6) is 0.744. The first-order chi connectivity index (χ1) is 18.0. The fourth-order valence-corrected chi connectivity index (χ4v) is 6.38. The third-order valence-corrected chi connectivity index (χ3v) is 8.25. The molecule has 0 unspecified atom stereocenters. The Labute approximate surface area is 232 Å². The minimum absolute atomic E-state index is 0.0397. The number of nitrogens with zero attached hydrogens (tertiary/aromatic N) is 2. The number of hydrogen-bond donors (Lipinski definition) is 1. The first-order valence-electron chi connectivity index (χ1n) is 13.2. The van der Waals surface area contributed by atoms with Gasteiger partial charge in [-0.1, -0.05) is 26.0 Å². The number of ether oxygens (including phenoxy) is 3. The van der Waals surface area contributed by atoms with E-state index in [1.54, 1.807) is 75.9 Å². The Morgan fingerprint density at radius 2 is 1.69 bits per heavy atom. The average Bonchev–Trinajstić information content (AvgIpc) is 3.07. The van der Waals surface area contributed by atoms with Gasteiger partial charge in [-0.25, -0.2) is 13.2 Å². The minimum atomic E-state index is -3.88. The van der Waals surface area contributed by atoms with Crippen molar-refractivity contribution in [1.82, 2.24) is 9.21 Å². The molecule has 39 heavy (non-hydrogen) atoms. The van der Waals surface area contributed by atoms with E-state index in [0.29, 0.717) is 12.2 Å². The van der Waals surface area contributed by atoms with Gasteiger partial charge in [0, 0.05) is 13.1 Å². The highest BCUT2D eigenvalue weighted by molar-refractivity contribution is 7.89. The molecule has 1 amide bonds. The van der Waals surface area contributed by atoms with Crippen molar-refractivity contribution in [2.24, 2.45) is 5.92 Å². The second kappa shape index (κ2) is 11.7. The van der Waals surface area contributed by atoms with Gasteiger partial charge in [-0.3, -0.25) is 4.90 Å². The number of rotatable bonds is 9. The highest BCUT2D eigenvalue weighted by atomic mass is 32.2. The minimum Gasteiger partial charge on any atom is -0.508 e. The number of phenols is 1. The Morgan fingerprint density at radius 3 is 2.21 bits per heavy atom. The Balaban J connectivity index is 2.01. The molecule has 0 aliphatic carbocycles. The molecule has 0 spiro atoms. The molecule has 1 heterocycles. The number of amides is 1. The van der Waals surface area contributed by atoms with E-state index in [1.807, 2.05) is 13.8 Å². The van der Waals surface area contributed by atoms with Crippen LogP contribution >= 0.6 is 0 Å². The molecule has 1 aliphatic heterocycles. The quantitative estimate of drug-likeness (QED) is 0.457. The van der Waals surface area contributed by atoms with Gasteiger partial charge in [0.25, 0.3) is 0 Å².